The first kappa shape index (κ1) is 23.3. The maximum absolute atomic E-state index is 12.8. The van der Waals surface area contributed by atoms with Gasteiger partial charge >= 0.3 is 0 Å². The summed E-state index contributed by atoms with van der Waals surface area (Å²) in [6, 6.07) is 25.7. The number of carbonyl (C=O) groups excluding carboxylic acids is 1. The van der Waals surface area contributed by atoms with Crippen LogP contribution in [0.4, 0.5) is 5.82 Å². The summed E-state index contributed by atoms with van der Waals surface area (Å²) in [6.07, 6.45) is 1.87. The van der Waals surface area contributed by atoms with Crippen molar-refractivity contribution in [2.45, 2.75) is 46.3 Å². The highest BCUT2D eigenvalue weighted by atomic mass is 16.5. The molecule has 0 radical (unpaired) electrons. The number of hydrogen-bond donors (Lipinski definition) is 1. The lowest BCUT2D eigenvalue weighted by atomic mass is 9.87. The van der Waals surface area contributed by atoms with Gasteiger partial charge in [0.05, 0.1) is 6.54 Å². The van der Waals surface area contributed by atoms with Gasteiger partial charge in [-0.25, -0.2) is 0 Å². The molecule has 174 valence electrons. The van der Waals surface area contributed by atoms with Crippen molar-refractivity contribution in [2.75, 3.05) is 5.32 Å². The molecule has 5 heteroatoms. The van der Waals surface area contributed by atoms with E-state index in [4.69, 9.17) is 4.74 Å². The number of aromatic nitrogens is 2. The SMILES string of the molecule is Cc1ccccc1Cn1ccc(NC(=O)c2cccc(COc3ccc(C(C)(C)C)cc3)c2)n1. The predicted octanol–water partition coefficient (Wildman–Crippen LogP) is 6.37. The van der Waals surface area contributed by atoms with Gasteiger partial charge in [-0.05, 0) is 58.9 Å². The second-order valence-corrected chi connectivity index (χ2v) is 9.54. The summed E-state index contributed by atoms with van der Waals surface area (Å²) < 4.78 is 7.76. The number of ether oxygens (including phenoxy) is 1. The summed E-state index contributed by atoms with van der Waals surface area (Å²) >= 11 is 0. The Balaban J connectivity index is 1.36. The molecule has 4 rings (SSSR count). The lowest BCUT2D eigenvalue weighted by molar-refractivity contribution is 0.102. The van der Waals surface area contributed by atoms with Crippen molar-refractivity contribution in [3.63, 3.8) is 0 Å². The number of hydrogen-bond acceptors (Lipinski definition) is 3. The van der Waals surface area contributed by atoms with Crippen LogP contribution in [-0.4, -0.2) is 15.7 Å². The van der Waals surface area contributed by atoms with Gasteiger partial charge in [-0.3, -0.25) is 9.48 Å². The fraction of sp³-hybridized carbons (Fsp3) is 0.241. The Labute approximate surface area is 201 Å². The van der Waals surface area contributed by atoms with Gasteiger partial charge in [0, 0.05) is 17.8 Å². The first-order valence-electron chi connectivity index (χ1n) is 11.5. The van der Waals surface area contributed by atoms with Crippen LogP contribution in [0.25, 0.3) is 0 Å². The minimum atomic E-state index is -0.197. The molecule has 0 aliphatic carbocycles. The average molecular weight is 454 g/mol. The number of benzene rings is 3. The van der Waals surface area contributed by atoms with E-state index in [1.807, 2.05) is 59.4 Å². The number of rotatable bonds is 7. The minimum absolute atomic E-state index is 0.108. The zero-order chi connectivity index (χ0) is 24.1. The molecule has 0 fully saturated rings. The Morgan fingerprint density at radius 2 is 1.74 bits per heavy atom. The largest absolute Gasteiger partial charge is 0.489 e. The molecule has 0 saturated carbocycles. The number of amides is 1. The molecule has 1 heterocycles. The van der Waals surface area contributed by atoms with E-state index in [-0.39, 0.29) is 11.3 Å². The van der Waals surface area contributed by atoms with Crippen LogP contribution < -0.4 is 10.1 Å². The van der Waals surface area contributed by atoms with E-state index >= 15 is 0 Å². The molecule has 3 aromatic carbocycles. The van der Waals surface area contributed by atoms with Crippen LogP contribution >= 0.6 is 0 Å². The van der Waals surface area contributed by atoms with Gasteiger partial charge in [0.1, 0.15) is 12.4 Å². The number of anilines is 1. The minimum Gasteiger partial charge on any atom is -0.489 e. The first-order chi connectivity index (χ1) is 16.3. The Morgan fingerprint density at radius 1 is 0.971 bits per heavy atom. The molecular formula is C29H31N3O2. The van der Waals surface area contributed by atoms with Crippen LogP contribution in [0.5, 0.6) is 5.75 Å². The van der Waals surface area contributed by atoms with Crippen molar-refractivity contribution >= 4 is 11.7 Å². The Kier molecular flexibility index (Phi) is 6.82. The van der Waals surface area contributed by atoms with Crippen LogP contribution in [0.15, 0.2) is 85.1 Å². The fourth-order valence-corrected chi connectivity index (χ4v) is 3.69. The van der Waals surface area contributed by atoms with Crippen molar-refractivity contribution in [3.05, 3.63) is 113 Å². The Bertz CT molecular complexity index is 1270. The second-order valence-electron chi connectivity index (χ2n) is 9.54. The molecule has 0 unspecified atom stereocenters. The van der Waals surface area contributed by atoms with Gasteiger partial charge < -0.3 is 10.1 Å². The molecule has 0 atom stereocenters. The molecule has 1 amide bonds. The zero-order valence-electron chi connectivity index (χ0n) is 20.2. The van der Waals surface area contributed by atoms with Crippen LogP contribution in [0.2, 0.25) is 0 Å². The zero-order valence-corrected chi connectivity index (χ0v) is 20.2. The Hall–Kier alpha value is -3.86. The van der Waals surface area contributed by atoms with Crippen LogP contribution in [0, 0.1) is 6.92 Å². The number of carbonyl (C=O) groups is 1. The highest BCUT2D eigenvalue weighted by molar-refractivity contribution is 6.03. The molecule has 4 aromatic rings. The summed E-state index contributed by atoms with van der Waals surface area (Å²) in [5.74, 6) is 1.14. The standard InChI is InChI=1S/C29H31N3O2/c1-21-8-5-6-10-24(21)19-32-17-16-27(31-32)30-28(33)23-11-7-9-22(18-23)20-34-26-14-12-25(13-15-26)29(2,3)4/h5-18H,19-20H2,1-4H3,(H,30,31,33). The van der Waals surface area contributed by atoms with Crippen LogP contribution in [0.1, 0.15) is 53.4 Å². The number of nitrogens with one attached hydrogen (secondary N) is 1. The summed E-state index contributed by atoms with van der Waals surface area (Å²) in [6.45, 7) is 9.70. The van der Waals surface area contributed by atoms with Gasteiger partial charge in [-0.2, -0.15) is 5.10 Å². The fourth-order valence-electron chi connectivity index (χ4n) is 3.69. The highest BCUT2D eigenvalue weighted by Crippen LogP contribution is 2.24. The summed E-state index contributed by atoms with van der Waals surface area (Å²) in [5, 5.41) is 7.38. The van der Waals surface area contributed by atoms with E-state index in [9.17, 15) is 4.79 Å². The van der Waals surface area contributed by atoms with E-state index in [1.54, 1.807) is 6.07 Å². The third-order valence-electron chi connectivity index (χ3n) is 5.79. The summed E-state index contributed by atoms with van der Waals surface area (Å²) in [5.41, 5.74) is 5.28. The van der Waals surface area contributed by atoms with Gasteiger partial charge in [-0.1, -0.05) is 69.3 Å². The lowest BCUT2D eigenvalue weighted by Gasteiger charge is -2.19. The molecule has 5 nitrogen and oxygen atoms in total. The molecule has 1 aromatic heterocycles. The van der Waals surface area contributed by atoms with Gasteiger partial charge in [0.2, 0.25) is 0 Å². The molecule has 0 aliphatic rings. The van der Waals surface area contributed by atoms with E-state index in [1.165, 1.54) is 16.7 Å². The summed E-state index contributed by atoms with van der Waals surface area (Å²) in [4.78, 5) is 12.8. The predicted molar refractivity (Wildman–Crippen MR) is 136 cm³/mol. The van der Waals surface area contributed by atoms with Crippen LogP contribution in [0.3, 0.4) is 0 Å². The monoisotopic (exact) mass is 453 g/mol. The third kappa shape index (κ3) is 5.93. The quantitative estimate of drug-likeness (QED) is 0.354. The third-order valence-corrected chi connectivity index (χ3v) is 5.79. The second kappa shape index (κ2) is 9.96. The van der Waals surface area contributed by atoms with Gasteiger partial charge in [-0.15, -0.1) is 0 Å². The van der Waals surface area contributed by atoms with Crippen molar-refractivity contribution in [3.8, 4) is 5.75 Å². The van der Waals surface area contributed by atoms with E-state index in [0.29, 0.717) is 24.5 Å². The Morgan fingerprint density at radius 3 is 2.47 bits per heavy atom. The molecular weight excluding hydrogens is 422 g/mol. The molecule has 0 aliphatic heterocycles. The molecule has 0 bridgehead atoms. The molecule has 0 saturated heterocycles. The number of nitrogens with zero attached hydrogens (tertiary/aromatic N) is 2. The maximum atomic E-state index is 12.8. The van der Waals surface area contributed by atoms with E-state index in [0.717, 1.165) is 11.3 Å². The molecule has 34 heavy (non-hydrogen) atoms. The maximum Gasteiger partial charge on any atom is 0.256 e. The van der Waals surface area contributed by atoms with Crippen molar-refractivity contribution in [1.82, 2.24) is 9.78 Å². The van der Waals surface area contributed by atoms with Crippen molar-refractivity contribution < 1.29 is 9.53 Å². The average Bonchev–Trinajstić information content (AvgIpc) is 3.26. The topological polar surface area (TPSA) is 56.2 Å². The lowest BCUT2D eigenvalue weighted by Crippen LogP contribution is -2.13. The van der Waals surface area contributed by atoms with Crippen LogP contribution in [-0.2, 0) is 18.6 Å². The van der Waals surface area contributed by atoms with E-state index < -0.39 is 0 Å². The normalized spacial score (nSPS) is 11.3. The smallest absolute Gasteiger partial charge is 0.256 e. The highest BCUT2D eigenvalue weighted by Gasteiger charge is 2.13. The van der Waals surface area contributed by atoms with E-state index in [2.05, 4.69) is 62.4 Å². The van der Waals surface area contributed by atoms with Crippen molar-refractivity contribution in [1.29, 1.82) is 0 Å². The summed E-state index contributed by atoms with van der Waals surface area (Å²) in [7, 11) is 0. The molecule has 1 N–H and O–H groups in total. The first-order valence-corrected chi connectivity index (χ1v) is 11.5. The molecule has 0 spiro atoms. The number of aryl methyl sites for hydroxylation is 1. The van der Waals surface area contributed by atoms with Gasteiger partial charge in [0.25, 0.3) is 5.91 Å². The van der Waals surface area contributed by atoms with Gasteiger partial charge in [0.15, 0.2) is 5.82 Å². The van der Waals surface area contributed by atoms with Crippen molar-refractivity contribution in [2.24, 2.45) is 0 Å².